The Labute approximate surface area is 131 Å². The molecule has 0 radical (unpaired) electrons. The number of rotatable bonds is 3. The third-order valence-corrected chi connectivity index (χ3v) is 4.83. The maximum absolute atomic E-state index is 12.0. The molecule has 22 heavy (non-hydrogen) atoms. The number of anilines is 1. The molecule has 0 spiro atoms. The van der Waals surface area contributed by atoms with E-state index in [0.717, 1.165) is 34.1 Å². The number of hydrogen-bond donors (Lipinski definition) is 2. The van der Waals surface area contributed by atoms with E-state index < -0.39 is 0 Å². The number of aryl methyl sites for hydroxylation is 1. The lowest BCUT2D eigenvalue weighted by Gasteiger charge is -2.21. The maximum Gasteiger partial charge on any atom is 0.226 e. The monoisotopic (exact) mass is 313 g/mol. The molecule has 0 bridgehead atoms. The Balaban J connectivity index is 1.84. The van der Waals surface area contributed by atoms with Crippen LogP contribution in [0.4, 0.5) is 5.82 Å². The van der Waals surface area contributed by atoms with Gasteiger partial charge in [0.1, 0.15) is 11.5 Å². The minimum Gasteiger partial charge on any atom is -0.465 e. The second kappa shape index (κ2) is 5.14. The summed E-state index contributed by atoms with van der Waals surface area (Å²) >= 11 is 1.65. The number of hydrogen-bond acceptors (Lipinski definition) is 4. The van der Waals surface area contributed by atoms with Crippen molar-refractivity contribution in [2.24, 2.45) is 0 Å². The molecule has 0 aromatic carbocycles. The van der Waals surface area contributed by atoms with Crippen LogP contribution >= 0.6 is 11.3 Å². The van der Waals surface area contributed by atoms with Gasteiger partial charge < -0.3 is 9.73 Å². The molecule has 1 amide bonds. The Morgan fingerprint density at radius 2 is 2.32 bits per heavy atom. The highest BCUT2D eigenvalue weighted by Crippen LogP contribution is 2.43. The number of thiophene rings is 1. The van der Waals surface area contributed by atoms with Crippen LogP contribution in [0.25, 0.3) is 10.6 Å². The van der Waals surface area contributed by atoms with Crippen LogP contribution in [0.2, 0.25) is 0 Å². The SMILES string of the molecule is CCc1ccc([C@H]2CC(=O)Nc3n[nH]c(-c4cccs4)c32)o1. The number of nitrogens with one attached hydrogen (secondary N) is 2. The highest BCUT2D eigenvalue weighted by molar-refractivity contribution is 7.13. The van der Waals surface area contributed by atoms with Crippen molar-refractivity contribution < 1.29 is 9.21 Å². The lowest BCUT2D eigenvalue weighted by molar-refractivity contribution is -0.116. The number of aromatic amines is 1. The molecule has 0 fully saturated rings. The molecular weight excluding hydrogens is 298 g/mol. The molecule has 0 unspecified atom stereocenters. The fourth-order valence-corrected chi connectivity index (χ4v) is 3.61. The van der Waals surface area contributed by atoms with Crippen LogP contribution < -0.4 is 5.32 Å². The molecule has 1 atom stereocenters. The van der Waals surface area contributed by atoms with E-state index in [1.165, 1.54) is 0 Å². The highest BCUT2D eigenvalue weighted by atomic mass is 32.1. The first-order valence-electron chi connectivity index (χ1n) is 7.27. The zero-order valence-corrected chi connectivity index (χ0v) is 12.9. The van der Waals surface area contributed by atoms with Gasteiger partial charge in [-0.25, -0.2) is 0 Å². The van der Waals surface area contributed by atoms with Gasteiger partial charge in [-0.3, -0.25) is 9.89 Å². The lowest BCUT2D eigenvalue weighted by Crippen LogP contribution is -2.23. The number of furan rings is 1. The molecule has 5 nitrogen and oxygen atoms in total. The fourth-order valence-electron chi connectivity index (χ4n) is 2.88. The van der Waals surface area contributed by atoms with Crippen molar-refractivity contribution in [1.29, 1.82) is 0 Å². The van der Waals surface area contributed by atoms with Gasteiger partial charge in [0, 0.05) is 18.4 Å². The molecule has 3 aromatic rings. The summed E-state index contributed by atoms with van der Waals surface area (Å²) in [5.41, 5.74) is 1.98. The smallest absolute Gasteiger partial charge is 0.226 e. The van der Waals surface area contributed by atoms with E-state index in [1.807, 2.05) is 29.6 Å². The second-order valence-corrected chi connectivity index (χ2v) is 6.25. The van der Waals surface area contributed by atoms with Gasteiger partial charge in [-0.05, 0) is 23.6 Å². The first-order chi connectivity index (χ1) is 10.8. The molecule has 3 aromatic heterocycles. The van der Waals surface area contributed by atoms with Gasteiger partial charge in [-0.2, -0.15) is 5.10 Å². The number of nitrogens with zero attached hydrogens (tertiary/aromatic N) is 1. The second-order valence-electron chi connectivity index (χ2n) is 5.30. The summed E-state index contributed by atoms with van der Waals surface area (Å²) in [7, 11) is 0. The Morgan fingerprint density at radius 1 is 1.41 bits per heavy atom. The van der Waals surface area contributed by atoms with Crippen molar-refractivity contribution in [2.75, 3.05) is 5.32 Å². The van der Waals surface area contributed by atoms with E-state index in [1.54, 1.807) is 11.3 Å². The lowest BCUT2D eigenvalue weighted by atomic mass is 9.89. The van der Waals surface area contributed by atoms with Crippen LogP contribution in [0.1, 0.15) is 36.3 Å². The average Bonchev–Trinajstić information content (AvgIpc) is 3.25. The number of amides is 1. The Bertz CT molecular complexity index is 816. The normalized spacial score (nSPS) is 17.3. The zero-order valence-electron chi connectivity index (χ0n) is 12.1. The minimum atomic E-state index is -0.0973. The first kappa shape index (κ1) is 13.3. The summed E-state index contributed by atoms with van der Waals surface area (Å²) in [6.07, 6.45) is 1.22. The van der Waals surface area contributed by atoms with Crippen molar-refractivity contribution >= 4 is 23.1 Å². The Kier molecular flexibility index (Phi) is 3.11. The Hall–Kier alpha value is -2.34. The van der Waals surface area contributed by atoms with Crippen LogP contribution in [0, 0.1) is 0 Å². The van der Waals surface area contributed by atoms with Crippen LogP contribution in [0.3, 0.4) is 0 Å². The predicted molar refractivity (Wildman–Crippen MR) is 85.1 cm³/mol. The summed E-state index contributed by atoms with van der Waals surface area (Å²) in [5.74, 6) is 2.24. The molecule has 1 aliphatic heterocycles. The van der Waals surface area contributed by atoms with Crippen molar-refractivity contribution in [3.05, 3.63) is 46.7 Å². The van der Waals surface area contributed by atoms with Crippen LogP contribution in [0.15, 0.2) is 34.1 Å². The van der Waals surface area contributed by atoms with Gasteiger partial charge in [-0.1, -0.05) is 13.0 Å². The Morgan fingerprint density at radius 3 is 3.05 bits per heavy atom. The van der Waals surface area contributed by atoms with E-state index in [9.17, 15) is 4.79 Å². The summed E-state index contributed by atoms with van der Waals surface area (Å²) in [6, 6.07) is 8.00. The van der Waals surface area contributed by atoms with Gasteiger partial charge in [-0.15, -0.1) is 11.3 Å². The molecule has 6 heteroatoms. The number of aromatic nitrogens is 2. The zero-order chi connectivity index (χ0) is 15.1. The molecule has 0 saturated heterocycles. The summed E-state index contributed by atoms with van der Waals surface area (Å²) < 4.78 is 5.90. The van der Waals surface area contributed by atoms with E-state index in [0.29, 0.717) is 12.2 Å². The molecule has 0 saturated carbocycles. The quantitative estimate of drug-likeness (QED) is 0.773. The fraction of sp³-hybridized carbons (Fsp3) is 0.250. The van der Waals surface area contributed by atoms with E-state index >= 15 is 0 Å². The first-order valence-corrected chi connectivity index (χ1v) is 8.14. The summed E-state index contributed by atoms with van der Waals surface area (Å²) in [6.45, 7) is 2.05. The summed E-state index contributed by atoms with van der Waals surface area (Å²) in [4.78, 5) is 13.1. The largest absolute Gasteiger partial charge is 0.465 e. The van der Waals surface area contributed by atoms with E-state index in [2.05, 4.69) is 22.4 Å². The van der Waals surface area contributed by atoms with Gasteiger partial charge in [0.05, 0.1) is 16.5 Å². The standard InChI is InChI=1S/C16H15N3O2S/c1-2-9-5-6-11(21-9)10-8-13(20)17-16-14(10)15(18-19-16)12-4-3-7-22-12/h3-7,10H,2,8H2,1H3,(H2,17,18,19,20)/t10-/m1/s1. The minimum absolute atomic E-state index is 0.0313. The summed E-state index contributed by atoms with van der Waals surface area (Å²) in [5, 5.41) is 12.2. The van der Waals surface area contributed by atoms with Crippen LogP contribution in [0.5, 0.6) is 0 Å². The predicted octanol–water partition coefficient (Wildman–Crippen LogP) is 3.77. The van der Waals surface area contributed by atoms with Gasteiger partial charge in [0.25, 0.3) is 0 Å². The molecule has 112 valence electrons. The van der Waals surface area contributed by atoms with Gasteiger partial charge in [0.2, 0.25) is 5.91 Å². The number of H-pyrrole nitrogens is 1. The number of fused-ring (bicyclic) bond motifs is 1. The van der Waals surface area contributed by atoms with Crippen LogP contribution in [-0.2, 0) is 11.2 Å². The maximum atomic E-state index is 12.0. The van der Waals surface area contributed by atoms with Gasteiger partial charge in [0.15, 0.2) is 5.82 Å². The van der Waals surface area contributed by atoms with E-state index in [-0.39, 0.29) is 11.8 Å². The highest BCUT2D eigenvalue weighted by Gasteiger charge is 2.34. The molecule has 0 aliphatic carbocycles. The van der Waals surface area contributed by atoms with E-state index in [4.69, 9.17) is 4.42 Å². The molecular formula is C16H15N3O2S. The van der Waals surface area contributed by atoms with Crippen molar-refractivity contribution in [2.45, 2.75) is 25.7 Å². The average molecular weight is 313 g/mol. The number of carbonyl (C=O) groups is 1. The number of carbonyl (C=O) groups excluding carboxylic acids is 1. The molecule has 4 rings (SSSR count). The van der Waals surface area contributed by atoms with Crippen molar-refractivity contribution in [3.63, 3.8) is 0 Å². The molecule has 4 heterocycles. The molecule has 1 aliphatic rings. The molecule has 2 N–H and O–H groups in total. The topological polar surface area (TPSA) is 70.9 Å². The third-order valence-electron chi connectivity index (χ3n) is 3.94. The van der Waals surface area contributed by atoms with Crippen molar-refractivity contribution in [3.8, 4) is 10.6 Å². The van der Waals surface area contributed by atoms with Gasteiger partial charge >= 0.3 is 0 Å². The van der Waals surface area contributed by atoms with Crippen molar-refractivity contribution in [1.82, 2.24) is 10.2 Å². The third kappa shape index (κ3) is 2.07. The van der Waals surface area contributed by atoms with Crippen LogP contribution in [-0.4, -0.2) is 16.1 Å².